The first kappa shape index (κ1) is 19.7. The predicted molar refractivity (Wildman–Crippen MR) is 113 cm³/mol. The number of cyclic esters (lactones) is 1. The molecule has 5 nitrogen and oxygen atoms in total. The standard InChI is InChI=1S/C23H13BrFNO4/c24-16-10-8-15(9-11-16)21-26-20(23(28)30-21)13-14-4-3-5-17(12-14)29-22(27)18-6-1-2-7-19(18)25/h1-13H/b20-13+. The molecule has 0 radical (unpaired) electrons. The van der Waals surface area contributed by atoms with Crippen molar-refractivity contribution >= 4 is 39.8 Å². The van der Waals surface area contributed by atoms with Crippen LogP contribution in [0.15, 0.2) is 88.0 Å². The molecule has 3 aromatic carbocycles. The van der Waals surface area contributed by atoms with Crippen LogP contribution in [-0.2, 0) is 9.53 Å². The third kappa shape index (κ3) is 4.36. The molecule has 0 saturated carbocycles. The van der Waals surface area contributed by atoms with Crippen molar-refractivity contribution in [2.45, 2.75) is 0 Å². The van der Waals surface area contributed by atoms with Gasteiger partial charge in [0.2, 0.25) is 5.90 Å². The van der Waals surface area contributed by atoms with Crippen LogP contribution in [0.1, 0.15) is 21.5 Å². The number of carbonyl (C=O) groups is 2. The molecule has 30 heavy (non-hydrogen) atoms. The number of ether oxygens (including phenoxy) is 2. The number of rotatable bonds is 4. The quantitative estimate of drug-likeness (QED) is 0.303. The molecular formula is C23H13BrFNO4. The van der Waals surface area contributed by atoms with Crippen LogP contribution in [0.5, 0.6) is 5.75 Å². The summed E-state index contributed by atoms with van der Waals surface area (Å²) in [4.78, 5) is 28.6. The largest absolute Gasteiger partial charge is 0.423 e. The molecule has 0 saturated heterocycles. The third-order valence-corrected chi connectivity index (χ3v) is 4.71. The van der Waals surface area contributed by atoms with Crippen LogP contribution in [0.4, 0.5) is 4.39 Å². The molecule has 0 atom stereocenters. The molecule has 0 bridgehead atoms. The van der Waals surface area contributed by atoms with Crippen LogP contribution in [0.2, 0.25) is 0 Å². The molecule has 1 heterocycles. The van der Waals surface area contributed by atoms with Crippen LogP contribution in [0.3, 0.4) is 0 Å². The minimum absolute atomic E-state index is 0.116. The summed E-state index contributed by atoms with van der Waals surface area (Å²) in [5.74, 6) is -1.64. The maximum atomic E-state index is 13.8. The molecule has 3 aromatic rings. The van der Waals surface area contributed by atoms with E-state index >= 15 is 0 Å². The van der Waals surface area contributed by atoms with Crippen molar-refractivity contribution in [3.63, 3.8) is 0 Å². The van der Waals surface area contributed by atoms with Gasteiger partial charge in [-0.3, -0.25) is 0 Å². The van der Waals surface area contributed by atoms with E-state index in [4.69, 9.17) is 9.47 Å². The van der Waals surface area contributed by atoms with Gasteiger partial charge in [0.25, 0.3) is 0 Å². The van der Waals surface area contributed by atoms with E-state index in [0.717, 1.165) is 4.47 Å². The van der Waals surface area contributed by atoms with Gasteiger partial charge in [0.1, 0.15) is 11.6 Å². The van der Waals surface area contributed by atoms with E-state index in [1.165, 1.54) is 24.3 Å². The van der Waals surface area contributed by atoms with Gasteiger partial charge in [0.15, 0.2) is 5.70 Å². The van der Waals surface area contributed by atoms with Crippen molar-refractivity contribution in [2.24, 2.45) is 4.99 Å². The molecule has 7 heteroatoms. The molecule has 0 spiro atoms. The zero-order valence-electron chi connectivity index (χ0n) is 15.3. The van der Waals surface area contributed by atoms with E-state index in [1.807, 2.05) is 12.1 Å². The first-order valence-electron chi connectivity index (χ1n) is 8.85. The van der Waals surface area contributed by atoms with E-state index in [1.54, 1.807) is 42.5 Å². The number of esters is 2. The zero-order valence-corrected chi connectivity index (χ0v) is 16.9. The maximum absolute atomic E-state index is 13.8. The Morgan fingerprint density at radius 3 is 2.57 bits per heavy atom. The Morgan fingerprint density at radius 1 is 1.03 bits per heavy atom. The Labute approximate surface area is 179 Å². The lowest BCUT2D eigenvalue weighted by Gasteiger charge is -2.06. The van der Waals surface area contributed by atoms with Gasteiger partial charge in [0.05, 0.1) is 5.56 Å². The summed E-state index contributed by atoms with van der Waals surface area (Å²) >= 11 is 3.35. The van der Waals surface area contributed by atoms with Crippen LogP contribution in [0, 0.1) is 5.82 Å². The van der Waals surface area contributed by atoms with E-state index in [2.05, 4.69) is 20.9 Å². The molecule has 0 aliphatic carbocycles. The number of hydrogen-bond acceptors (Lipinski definition) is 5. The van der Waals surface area contributed by atoms with E-state index in [9.17, 15) is 14.0 Å². The Balaban J connectivity index is 1.56. The molecule has 1 aliphatic rings. The molecule has 0 fully saturated rings. The van der Waals surface area contributed by atoms with Crippen molar-refractivity contribution in [1.82, 2.24) is 0 Å². The number of aliphatic imine (C=N–C) groups is 1. The highest BCUT2D eigenvalue weighted by molar-refractivity contribution is 9.10. The molecular weight excluding hydrogens is 453 g/mol. The second kappa shape index (κ2) is 8.42. The summed E-state index contributed by atoms with van der Waals surface area (Å²) in [6.45, 7) is 0. The van der Waals surface area contributed by atoms with Crippen molar-refractivity contribution in [3.8, 4) is 5.75 Å². The van der Waals surface area contributed by atoms with Crippen LogP contribution >= 0.6 is 15.9 Å². The van der Waals surface area contributed by atoms with Gasteiger partial charge >= 0.3 is 11.9 Å². The highest BCUT2D eigenvalue weighted by Crippen LogP contribution is 2.23. The molecule has 4 rings (SSSR count). The predicted octanol–water partition coefficient (Wildman–Crippen LogP) is 5.15. The molecule has 0 aromatic heterocycles. The minimum atomic E-state index is -0.811. The fraction of sp³-hybridized carbons (Fsp3) is 0. The van der Waals surface area contributed by atoms with Gasteiger partial charge < -0.3 is 9.47 Å². The number of halogens is 2. The number of hydrogen-bond donors (Lipinski definition) is 0. The van der Waals surface area contributed by atoms with Gasteiger partial charge in [0, 0.05) is 10.0 Å². The Morgan fingerprint density at radius 2 is 1.80 bits per heavy atom. The smallest absolute Gasteiger partial charge is 0.363 e. The fourth-order valence-corrected chi connectivity index (χ4v) is 3.00. The van der Waals surface area contributed by atoms with Crippen molar-refractivity contribution in [1.29, 1.82) is 0 Å². The summed E-state index contributed by atoms with van der Waals surface area (Å²) in [5.41, 5.74) is 1.19. The van der Waals surface area contributed by atoms with Crippen LogP contribution in [-0.4, -0.2) is 17.8 Å². The van der Waals surface area contributed by atoms with Crippen molar-refractivity contribution < 1.29 is 23.5 Å². The summed E-state index contributed by atoms with van der Waals surface area (Å²) in [5, 5.41) is 0. The average molecular weight is 466 g/mol. The molecule has 0 N–H and O–H groups in total. The van der Waals surface area contributed by atoms with Gasteiger partial charge in [-0.2, -0.15) is 0 Å². The highest BCUT2D eigenvalue weighted by atomic mass is 79.9. The Bertz CT molecular complexity index is 1200. The molecule has 0 amide bonds. The molecule has 148 valence electrons. The normalized spacial score (nSPS) is 14.4. The number of benzene rings is 3. The highest BCUT2D eigenvalue weighted by Gasteiger charge is 2.24. The van der Waals surface area contributed by atoms with Crippen molar-refractivity contribution in [2.75, 3.05) is 0 Å². The first-order valence-corrected chi connectivity index (χ1v) is 9.64. The monoisotopic (exact) mass is 465 g/mol. The van der Waals surface area contributed by atoms with Crippen LogP contribution < -0.4 is 4.74 Å². The Kier molecular flexibility index (Phi) is 5.54. The second-order valence-corrected chi connectivity index (χ2v) is 7.20. The van der Waals surface area contributed by atoms with Gasteiger partial charge in [-0.15, -0.1) is 0 Å². The lowest BCUT2D eigenvalue weighted by molar-refractivity contribution is -0.129. The summed E-state index contributed by atoms with van der Waals surface area (Å²) < 4.78 is 25.1. The van der Waals surface area contributed by atoms with E-state index in [0.29, 0.717) is 11.1 Å². The topological polar surface area (TPSA) is 65.0 Å². The van der Waals surface area contributed by atoms with E-state index < -0.39 is 17.8 Å². The van der Waals surface area contributed by atoms with Gasteiger partial charge in [-0.05, 0) is 60.2 Å². The Hall–Kier alpha value is -3.58. The SMILES string of the molecule is O=C1OC(c2ccc(Br)cc2)=N/C1=C/c1cccc(OC(=O)c2ccccc2F)c1. The first-order chi connectivity index (χ1) is 14.5. The lowest BCUT2D eigenvalue weighted by atomic mass is 10.2. The van der Waals surface area contributed by atoms with Crippen LogP contribution in [0.25, 0.3) is 6.08 Å². The maximum Gasteiger partial charge on any atom is 0.363 e. The number of nitrogens with zero attached hydrogens (tertiary/aromatic N) is 1. The van der Waals surface area contributed by atoms with Crippen molar-refractivity contribution in [3.05, 3.63) is 105 Å². The summed E-state index contributed by atoms with van der Waals surface area (Å²) in [6, 6.07) is 19.2. The average Bonchev–Trinajstić information content (AvgIpc) is 3.09. The minimum Gasteiger partial charge on any atom is -0.423 e. The van der Waals surface area contributed by atoms with Gasteiger partial charge in [-0.25, -0.2) is 19.0 Å². The lowest BCUT2D eigenvalue weighted by Crippen LogP contribution is -2.10. The molecule has 1 aliphatic heterocycles. The number of carbonyl (C=O) groups excluding carboxylic acids is 2. The summed E-state index contributed by atoms with van der Waals surface area (Å²) in [6.07, 6.45) is 1.52. The van der Waals surface area contributed by atoms with Gasteiger partial charge in [-0.1, -0.05) is 40.2 Å². The molecule has 0 unspecified atom stereocenters. The summed E-state index contributed by atoms with van der Waals surface area (Å²) in [7, 11) is 0. The third-order valence-electron chi connectivity index (χ3n) is 4.18. The van der Waals surface area contributed by atoms with E-state index in [-0.39, 0.29) is 22.9 Å². The fourth-order valence-electron chi connectivity index (χ4n) is 2.74. The zero-order chi connectivity index (χ0) is 21.1. The second-order valence-electron chi connectivity index (χ2n) is 6.28.